The lowest BCUT2D eigenvalue weighted by Crippen LogP contribution is -2.31. The Morgan fingerprint density at radius 3 is 2.59 bits per heavy atom. The maximum absolute atomic E-state index is 10.7. The lowest BCUT2D eigenvalue weighted by atomic mass is 10.3. The standard InChI is InChI=1S/C9H9Cl2N3O3/c10-4-1-2-5(11)6(3-4)17-8(12)7(14-13)9(15)16/h1-3,14H,12-13H2,(H,15,16)/b8-7+. The van der Waals surface area contributed by atoms with Crippen LogP contribution in [-0.4, -0.2) is 11.1 Å². The Bertz CT molecular complexity index is 477. The molecule has 0 bridgehead atoms. The van der Waals surface area contributed by atoms with Crippen molar-refractivity contribution in [1.82, 2.24) is 5.43 Å². The van der Waals surface area contributed by atoms with Crippen LogP contribution in [0, 0.1) is 0 Å². The van der Waals surface area contributed by atoms with E-state index in [1.165, 1.54) is 12.1 Å². The van der Waals surface area contributed by atoms with Gasteiger partial charge in [0.15, 0.2) is 5.70 Å². The highest BCUT2D eigenvalue weighted by molar-refractivity contribution is 6.34. The maximum Gasteiger partial charge on any atom is 0.358 e. The van der Waals surface area contributed by atoms with Gasteiger partial charge < -0.3 is 21.0 Å². The third kappa shape index (κ3) is 3.42. The van der Waals surface area contributed by atoms with Crippen molar-refractivity contribution in [3.63, 3.8) is 0 Å². The van der Waals surface area contributed by atoms with Gasteiger partial charge in [-0.1, -0.05) is 23.2 Å². The number of hydrogen-bond donors (Lipinski definition) is 4. The van der Waals surface area contributed by atoms with Gasteiger partial charge in [-0.2, -0.15) is 0 Å². The fourth-order valence-electron chi connectivity index (χ4n) is 0.963. The third-order valence-corrected chi connectivity index (χ3v) is 2.27. The number of carboxylic acid groups (broad SMARTS) is 1. The molecule has 6 nitrogen and oxygen atoms in total. The number of halogens is 2. The van der Waals surface area contributed by atoms with Gasteiger partial charge in [0.1, 0.15) is 5.75 Å². The maximum atomic E-state index is 10.7. The SMILES string of the molecule is NN/C(C(=O)O)=C(\N)Oc1cc(Cl)ccc1Cl. The van der Waals surface area contributed by atoms with Crippen LogP contribution < -0.4 is 21.7 Å². The molecule has 1 aromatic carbocycles. The van der Waals surface area contributed by atoms with Crippen molar-refractivity contribution in [2.75, 3.05) is 0 Å². The van der Waals surface area contributed by atoms with Crippen LogP contribution in [-0.2, 0) is 4.79 Å². The average molecular weight is 278 g/mol. The molecule has 0 saturated heterocycles. The Morgan fingerprint density at radius 2 is 2.06 bits per heavy atom. The van der Waals surface area contributed by atoms with Crippen LogP contribution in [0.2, 0.25) is 10.0 Å². The highest BCUT2D eigenvalue weighted by Crippen LogP contribution is 2.28. The zero-order valence-corrected chi connectivity index (χ0v) is 9.92. The van der Waals surface area contributed by atoms with Gasteiger partial charge in [0.05, 0.1) is 5.02 Å². The summed E-state index contributed by atoms with van der Waals surface area (Å²) in [6.07, 6.45) is 0. The van der Waals surface area contributed by atoms with Crippen molar-refractivity contribution in [3.8, 4) is 5.75 Å². The molecule has 0 radical (unpaired) electrons. The zero-order valence-electron chi connectivity index (χ0n) is 8.41. The second-order valence-electron chi connectivity index (χ2n) is 2.87. The molecule has 0 aliphatic heterocycles. The monoisotopic (exact) mass is 277 g/mol. The molecule has 0 unspecified atom stereocenters. The summed E-state index contributed by atoms with van der Waals surface area (Å²) < 4.78 is 5.06. The van der Waals surface area contributed by atoms with Crippen molar-refractivity contribution >= 4 is 29.2 Å². The molecule has 6 N–H and O–H groups in total. The zero-order chi connectivity index (χ0) is 13.0. The van der Waals surface area contributed by atoms with Crippen molar-refractivity contribution in [1.29, 1.82) is 0 Å². The second kappa shape index (κ2) is 5.62. The first kappa shape index (κ1) is 13.4. The Hall–Kier alpha value is -1.63. The lowest BCUT2D eigenvalue weighted by molar-refractivity contribution is -0.133. The quantitative estimate of drug-likeness (QED) is 0.283. The van der Waals surface area contributed by atoms with E-state index in [9.17, 15) is 4.79 Å². The summed E-state index contributed by atoms with van der Waals surface area (Å²) in [5.41, 5.74) is 6.84. The van der Waals surface area contributed by atoms with E-state index in [0.29, 0.717) is 5.02 Å². The number of nitrogens with one attached hydrogen (secondary N) is 1. The molecule has 0 heterocycles. The first-order valence-corrected chi connectivity index (χ1v) is 5.04. The summed E-state index contributed by atoms with van der Waals surface area (Å²) in [5, 5.41) is 9.33. The molecular formula is C9H9Cl2N3O3. The molecule has 0 spiro atoms. The van der Waals surface area contributed by atoms with Crippen molar-refractivity contribution in [3.05, 3.63) is 39.8 Å². The number of rotatable bonds is 4. The fourth-order valence-corrected chi connectivity index (χ4v) is 1.28. The molecule has 92 valence electrons. The van der Waals surface area contributed by atoms with E-state index in [1.807, 2.05) is 5.43 Å². The number of hydrazine groups is 1. The van der Waals surface area contributed by atoms with Gasteiger partial charge in [-0.05, 0) is 12.1 Å². The second-order valence-corrected chi connectivity index (χ2v) is 3.71. The molecule has 0 aliphatic carbocycles. The summed E-state index contributed by atoms with van der Waals surface area (Å²) in [4.78, 5) is 10.7. The summed E-state index contributed by atoms with van der Waals surface area (Å²) >= 11 is 11.5. The number of ether oxygens (including phenoxy) is 1. The van der Waals surface area contributed by atoms with E-state index in [4.69, 9.17) is 44.6 Å². The van der Waals surface area contributed by atoms with Gasteiger partial charge >= 0.3 is 5.97 Å². The highest BCUT2D eigenvalue weighted by Gasteiger charge is 2.14. The van der Waals surface area contributed by atoms with Crippen LogP contribution in [0.25, 0.3) is 0 Å². The summed E-state index contributed by atoms with van der Waals surface area (Å²) in [6.45, 7) is 0. The molecule has 8 heteroatoms. The summed E-state index contributed by atoms with van der Waals surface area (Å²) in [6, 6.07) is 4.44. The van der Waals surface area contributed by atoms with Crippen molar-refractivity contribution in [2.24, 2.45) is 11.6 Å². The molecule has 17 heavy (non-hydrogen) atoms. The Labute approximate surface area is 107 Å². The molecule has 0 fully saturated rings. The van der Waals surface area contributed by atoms with Gasteiger partial charge in [-0.15, -0.1) is 0 Å². The van der Waals surface area contributed by atoms with Crippen LogP contribution in [0.15, 0.2) is 29.8 Å². The number of carbonyl (C=O) groups is 1. The number of benzene rings is 1. The smallest absolute Gasteiger partial charge is 0.358 e. The minimum Gasteiger partial charge on any atom is -0.476 e. The highest BCUT2D eigenvalue weighted by atomic mass is 35.5. The van der Waals surface area contributed by atoms with Gasteiger partial charge in [0.25, 0.3) is 0 Å². The van der Waals surface area contributed by atoms with E-state index in [-0.39, 0.29) is 10.8 Å². The molecular weight excluding hydrogens is 269 g/mol. The predicted molar refractivity (Wildman–Crippen MR) is 63.3 cm³/mol. The van der Waals surface area contributed by atoms with E-state index in [0.717, 1.165) is 0 Å². The Kier molecular flexibility index (Phi) is 4.45. The Morgan fingerprint density at radius 1 is 1.41 bits per heavy atom. The lowest BCUT2D eigenvalue weighted by Gasteiger charge is -2.10. The summed E-state index contributed by atoms with van der Waals surface area (Å²) in [7, 11) is 0. The first-order chi connectivity index (χ1) is 7.95. The van der Waals surface area contributed by atoms with Crippen LogP contribution in [0.5, 0.6) is 5.75 Å². The molecule has 0 saturated carbocycles. The van der Waals surface area contributed by atoms with Crippen molar-refractivity contribution < 1.29 is 14.6 Å². The van der Waals surface area contributed by atoms with E-state index >= 15 is 0 Å². The van der Waals surface area contributed by atoms with Crippen molar-refractivity contribution in [2.45, 2.75) is 0 Å². The number of nitrogens with two attached hydrogens (primary N) is 2. The van der Waals surface area contributed by atoms with Gasteiger partial charge in [-0.3, -0.25) is 5.84 Å². The molecule has 1 rings (SSSR count). The van der Waals surface area contributed by atoms with Crippen LogP contribution in [0.3, 0.4) is 0 Å². The van der Waals surface area contributed by atoms with Gasteiger partial charge in [0.2, 0.25) is 5.88 Å². The number of carboxylic acids is 1. The van der Waals surface area contributed by atoms with E-state index < -0.39 is 17.5 Å². The Balaban J connectivity index is 3.05. The van der Waals surface area contributed by atoms with E-state index in [2.05, 4.69) is 0 Å². The molecule has 0 atom stereocenters. The molecule has 0 aromatic heterocycles. The third-order valence-electron chi connectivity index (χ3n) is 1.72. The van der Waals surface area contributed by atoms with Crippen LogP contribution in [0.1, 0.15) is 0 Å². The van der Waals surface area contributed by atoms with Gasteiger partial charge in [0, 0.05) is 11.1 Å². The summed E-state index contributed by atoms with van der Waals surface area (Å²) in [5.74, 6) is 3.33. The molecule has 0 amide bonds. The fraction of sp³-hybridized carbons (Fsp3) is 0. The first-order valence-electron chi connectivity index (χ1n) is 4.28. The number of hydrogen-bond acceptors (Lipinski definition) is 5. The normalized spacial score (nSPS) is 11.7. The van der Waals surface area contributed by atoms with E-state index in [1.54, 1.807) is 6.07 Å². The van der Waals surface area contributed by atoms with Crippen LogP contribution >= 0.6 is 23.2 Å². The molecule has 0 aliphatic rings. The molecule has 1 aromatic rings. The predicted octanol–water partition coefficient (Wildman–Crippen LogP) is 1.05. The minimum absolute atomic E-state index is 0.130. The topological polar surface area (TPSA) is 111 Å². The number of aliphatic carboxylic acids is 1. The van der Waals surface area contributed by atoms with Gasteiger partial charge in [-0.25, -0.2) is 4.79 Å². The average Bonchev–Trinajstić information content (AvgIpc) is 2.24. The minimum atomic E-state index is -1.36. The van der Waals surface area contributed by atoms with Crippen LogP contribution in [0.4, 0.5) is 0 Å². The largest absolute Gasteiger partial charge is 0.476 e.